The fraction of sp³-hybridized carbons (Fsp3) is 0.778. The van der Waals surface area contributed by atoms with Crippen LogP contribution in [-0.4, -0.2) is 40.4 Å². The Hall–Kier alpha value is -0.0100. The summed E-state index contributed by atoms with van der Waals surface area (Å²) in [5.41, 5.74) is 0. The summed E-state index contributed by atoms with van der Waals surface area (Å²) in [6.07, 6.45) is 0.786. The molecule has 2 atom stereocenters. The van der Waals surface area contributed by atoms with E-state index < -0.39 is 0 Å². The maximum absolute atomic E-state index is 11.1. The molecule has 0 aromatic rings. The second kappa shape index (κ2) is 7.34. The molecule has 0 spiro atoms. The maximum atomic E-state index is 11.1. The Morgan fingerprint density at radius 2 is 1.50 bits per heavy atom. The quantitative estimate of drug-likeness (QED) is 0.730. The number of ether oxygens (including phenoxy) is 2. The summed E-state index contributed by atoms with van der Waals surface area (Å²) in [5.74, 6) is -0.401. The molecular formula is C9H14O4S3. The zero-order chi connectivity index (χ0) is 12.0. The van der Waals surface area contributed by atoms with Crippen LogP contribution in [0.2, 0.25) is 0 Å². The molecule has 0 N–H and O–H groups in total. The summed E-state index contributed by atoms with van der Waals surface area (Å²) in [4.78, 5) is 22.2. The molecule has 0 aromatic carbocycles. The maximum Gasteiger partial charge on any atom is 0.307 e. The summed E-state index contributed by atoms with van der Waals surface area (Å²) in [7, 11) is 2.78. The summed E-state index contributed by atoms with van der Waals surface area (Å²) in [5, 5.41) is 0.899. The minimum Gasteiger partial charge on any atom is -0.469 e. The summed E-state index contributed by atoms with van der Waals surface area (Å²) >= 11 is 5.08. The predicted molar refractivity (Wildman–Crippen MR) is 68.5 cm³/mol. The number of thioether (sulfide) groups is 3. The van der Waals surface area contributed by atoms with Crippen molar-refractivity contribution >= 4 is 47.2 Å². The van der Waals surface area contributed by atoms with E-state index in [2.05, 4.69) is 9.47 Å². The summed E-state index contributed by atoms with van der Waals surface area (Å²) in [6, 6.07) is 0. The topological polar surface area (TPSA) is 52.6 Å². The van der Waals surface area contributed by atoms with Gasteiger partial charge in [-0.1, -0.05) is 0 Å². The van der Waals surface area contributed by atoms with Gasteiger partial charge in [0.2, 0.25) is 0 Å². The zero-order valence-corrected chi connectivity index (χ0v) is 11.6. The van der Waals surface area contributed by atoms with Gasteiger partial charge in [-0.15, -0.1) is 35.3 Å². The molecule has 0 saturated carbocycles. The van der Waals surface area contributed by atoms with Crippen molar-refractivity contribution in [2.24, 2.45) is 0 Å². The van der Waals surface area contributed by atoms with Gasteiger partial charge in [0.15, 0.2) is 0 Å². The minimum atomic E-state index is -0.200. The first-order chi connectivity index (χ1) is 7.65. The highest BCUT2D eigenvalue weighted by Gasteiger charge is 2.27. The lowest BCUT2D eigenvalue weighted by Crippen LogP contribution is -2.19. The van der Waals surface area contributed by atoms with Gasteiger partial charge in [0.1, 0.15) is 0 Å². The van der Waals surface area contributed by atoms with Gasteiger partial charge in [-0.05, 0) is 0 Å². The fourth-order valence-electron chi connectivity index (χ4n) is 1.09. The average Bonchev–Trinajstić information content (AvgIpc) is 2.29. The van der Waals surface area contributed by atoms with Crippen molar-refractivity contribution in [1.29, 1.82) is 0 Å². The van der Waals surface area contributed by atoms with Gasteiger partial charge in [-0.25, -0.2) is 0 Å². The molecule has 1 aliphatic rings. The third-order valence-corrected chi connectivity index (χ3v) is 6.52. The summed E-state index contributed by atoms with van der Waals surface area (Å²) in [6.45, 7) is 0. The van der Waals surface area contributed by atoms with Crippen molar-refractivity contribution in [1.82, 2.24) is 0 Å². The third-order valence-electron chi connectivity index (χ3n) is 1.93. The third kappa shape index (κ3) is 4.88. The smallest absolute Gasteiger partial charge is 0.307 e. The Balaban J connectivity index is 2.35. The van der Waals surface area contributed by atoms with Crippen molar-refractivity contribution in [3.05, 3.63) is 0 Å². The molecule has 92 valence electrons. The lowest BCUT2D eigenvalue weighted by atomic mass is 10.5. The van der Waals surface area contributed by atoms with Gasteiger partial charge in [0, 0.05) is 5.08 Å². The molecule has 0 bridgehead atoms. The molecule has 2 unspecified atom stereocenters. The van der Waals surface area contributed by atoms with E-state index in [0.717, 1.165) is 5.08 Å². The zero-order valence-electron chi connectivity index (χ0n) is 9.13. The normalized spacial score (nSPS) is 24.9. The molecule has 1 fully saturated rings. The van der Waals surface area contributed by atoms with Crippen LogP contribution in [0.25, 0.3) is 0 Å². The first kappa shape index (κ1) is 14.1. The van der Waals surface area contributed by atoms with Crippen molar-refractivity contribution in [2.45, 2.75) is 22.0 Å². The molecule has 0 amide bonds. The van der Waals surface area contributed by atoms with Crippen molar-refractivity contribution in [3.63, 3.8) is 0 Å². The SMILES string of the molecule is COC(=O)CC1SCSC(CC(=O)OC)S1. The van der Waals surface area contributed by atoms with E-state index in [1.54, 1.807) is 35.3 Å². The first-order valence-corrected chi connectivity index (χ1v) is 7.72. The van der Waals surface area contributed by atoms with Gasteiger partial charge in [0.05, 0.1) is 36.2 Å². The predicted octanol–water partition coefficient (Wildman–Crippen LogP) is 1.94. The van der Waals surface area contributed by atoms with Crippen LogP contribution in [0.5, 0.6) is 0 Å². The van der Waals surface area contributed by atoms with Crippen molar-refractivity contribution in [2.75, 3.05) is 19.3 Å². The van der Waals surface area contributed by atoms with Crippen molar-refractivity contribution < 1.29 is 19.1 Å². The van der Waals surface area contributed by atoms with Crippen LogP contribution < -0.4 is 0 Å². The number of hydrogen-bond acceptors (Lipinski definition) is 7. The Morgan fingerprint density at radius 1 is 1.06 bits per heavy atom. The van der Waals surface area contributed by atoms with Crippen LogP contribution in [-0.2, 0) is 19.1 Å². The first-order valence-electron chi connectivity index (χ1n) is 4.68. The standard InChI is InChI=1S/C9H14O4S3/c1-12-6(10)3-8-14-5-15-9(16-8)4-7(11)13-2/h8-9H,3-5H2,1-2H3. The highest BCUT2D eigenvalue weighted by Crippen LogP contribution is 2.44. The van der Waals surface area contributed by atoms with Gasteiger partial charge < -0.3 is 9.47 Å². The Bertz CT molecular complexity index is 235. The molecule has 1 heterocycles. The van der Waals surface area contributed by atoms with Crippen LogP contribution in [0.15, 0.2) is 0 Å². The van der Waals surface area contributed by atoms with Crippen LogP contribution in [0, 0.1) is 0 Å². The van der Waals surface area contributed by atoms with Crippen LogP contribution in [0.4, 0.5) is 0 Å². The van der Waals surface area contributed by atoms with Gasteiger partial charge in [0.25, 0.3) is 0 Å². The molecular weight excluding hydrogens is 268 g/mol. The van der Waals surface area contributed by atoms with E-state index in [9.17, 15) is 9.59 Å². The second-order valence-electron chi connectivity index (χ2n) is 3.01. The molecule has 0 aromatic heterocycles. The molecule has 1 rings (SSSR count). The Morgan fingerprint density at radius 3 is 1.88 bits per heavy atom. The molecule has 0 radical (unpaired) electrons. The van der Waals surface area contributed by atoms with Crippen LogP contribution in [0.1, 0.15) is 12.8 Å². The molecule has 1 aliphatic heterocycles. The van der Waals surface area contributed by atoms with E-state index in [1.165, 1.54) is 14.2 Å². The lowest BCUT2D eigenvalue weighted by Gasteiger charge is -2.26. The molecule has 0 aliphatic carbocycles. The number of esters is 2. The summed E-state index contributed by atoms with van der Waals surface area (Å²) < 4.78 is 9.62. The van der Waals surface area contributed by atoms with E-state index in [-0.39, 0.29) is 21.1 Å². The van der Waals surface area contributed by atoms with Gasteiger partial charge in [-0.3, -0.25) is 9.59 Å². The van der Waals surface area contributed by atoms with Crippen molar-refractivity contribution in [3.8, 4) is 0 Å². The second-order valence-corrected chi connectivity index (χ2v) is 7.76. The molecule has 16 heavy (non-hydrogen) atoms. The largest absolute Gasteiger partial charge is 0.469 e. The Kier molecular flexibility index (Phi) is 6.45. The van der Waals surface area contributed by atoms with E-state index >= 15 is 0 Å². The van der Waals surface area contributed by atoms with Gasteiger partial charge in [-0.2, -0.15) is 0 Å². The molecule has 1 saturated heterocycles. The van der Waals surface area contributed by atoms with Gasteiger partial charge >= 0.3 is 11.9 Å². The number of hydrogen-bond donors (Lipinski definition) is 0. The number of carbonyl (C=O) groups is 2. The highest BCUT2D eigenvalue weighted by atomic mass is 32.3. The number of carbonyl (C=O) groups excluding carboxylic acids is 2. The van der Waals surface area contributed by atoms with E-state index in [1.807, 2.05) is 0 Å². The van der Waals surface area contributed by atoms with E-state index in [0.29, 0.717) is 12.8 Å². The molecule has 7 heteroatoms. The fourth-order valence-corrected chi connectivity index (χ4v) is 6.58. The minimum absolute atomic E-state index is 0.184. The lowest BCUT2D eigenvalue weighted by molar-refractivity contribution is -0.141. The Labute approximate surface area is 108 Å². The average molecular weight is 282 g/mol. The number of rotatable bonds is 4. The van der Waals surface area contributed by atoms with Crippen LogP contribution in [0.3, 0.4) is 0 Å². The molecule has 4 nitrogen and oxygen atoms in total. The number of methoxy groups -OCH3 is 2. The monoisotopic (exact) mass is 282 g/mol. The highest BCUT2D eigenvalue weighted by molar-refractivity contribution is 8.33. The van der Waals surface area contributed by atoms with E-state index in [4.69, 9.17) is 0 Å². The van der Waals surface area contributed by atoms with Crippen LogP contribution >= 0.6 is 35.3 Å².